The van der Waals surface area contributed by atoms with Crippen molar-refractivity contribution in [2.24, 2.45) is 11.8 Å². The topological polar surface area (TPSA) is 15.3 Å². The third-order valence-corrected chi connectivity index (χ3v) is 5.36. The summed E-state index contributed by atoms with van der Waals surface area (Å²) < 4.78 is 0. The van der Waals surface area contributed by atoms with Crippen LogP contribution in [0.5, 0.6) is 0 Å². The SMILES string of the molecule is CCCNC(CN1CCC(CC)CC1)C1CCCC1. The maximum atomic E-state index is 3.84. The van der Waals surface area contributed by atoms with Crippen molar-refractivity contribution in [1.82, 2.24) is 10.2 Å². The monoisotopic (exact) mass is 266 g/mol. The summed E-state index contributed by atoms with van der Waals surface area (Å²) in [6.07, 6.45) is 11.4. The largest absolute Gasteiger partial charge is 0.312 e. The zero-order valence-electron chi connectivity index (χ0n) is 13.2. The van der Waals surface area contributed by atoms with E-state index in [0.717, 1.165) is 17.9 Å². The predicted octanol–water partition coefficient (Wildman–Crippen LogP) is 3.67. The molecule has 0 aromatic carbocycles. The highest BCUT2D eigenvalue weighted by Gasteiger charge is 2.27. The molecule has 1 heterocycles. The van der Waals surface area contributed by atoms with Crippen LogP contribution in [-0.2, 0) is 0 Å². The molecular weight excluding hydrogens is 232 g/mol. The molecule has 0 aromatic heterocycles. The molecule has 19 heavy (non-hydrogen) atoms. The van der Waals surface area contributed by atoms with E-state index in [1.807, 2.05) is 0 Å². The molecule has 2 aliphatic rings. The second-order valence-electron chi connectivity index (χ2n) is 6.76. The van der Waals surface area contributed by atoms with Crippen molar-refractivity contribution in [3.63, 3.8) is 0 Å². The van der Waals surface area contributed by atoms with Gasteiger partial charge in [0.15, 0.2) is 0 Å². The smallest absolute Gasteiger partial charge is 0.0223 e. The number of nitrogens with one attached hydrogen (secondary N) is 1. The summed E-state index contributed by atoms with van der Waals surface area (Å²) in [4.78, 5) is 2.73. The first-order valence-electron chi connectivity index (χ1n) is 8.79. The molecule has 2 rings (SSSR count). The Kier molecular flexibility index (Phi) is 6.66. The van der Waals surface area contributed by atoms with Crippen LogP contribution in [0.25, 0.3) is 0 Å². The lowest BCUT2D eigenvalue weighted by atomic mass is 9.92. The fourth-order valence-corrected chi connectivity index (χ4v) is 3.93. The lowest BCUT2D eigenvalue weighted by molar-refractivity contribution is 0.150. The summed E-state index contributed by atoms with van der Waals surface area (Å²) in [6.45, 7) is 9.83. The number of hydrogen-bond acceptors (Lipinski definition) is 2. The summed E-state index contributed by atoms with van der Waals surface area (Å²) in [5.74, 6) is 1.96. The van der Waals surface area contributed by atoms with Crippen LogP contribution in [0.1, 0.15) is 65.2 Å². The number of nitrogens with zero attached hydrogens (tertiary/aromatic N) is 1. The van der Waals surface area contributed by atoms with Crippen LogP contribution >= 0.6 is 0 Å². The summed E-state index contributed by atoms with van der Waals surface area (Å²) in [5, 5.41) is 3.84. The number of piperidine rings is 1. The van der Waals surface area contributed by atoms with Crippen molar-refractivity contribution in [3.05, 3.63) is 0 Å². The Balaban J connectivity index is 1.78. The van der Waals surface area contributed by atoms with Crippen LogP contribution in [0.15, 0.2) is 0 Å². The van der Waals surface area contributed by atoms with Crippen molar-refractivity contribution in [3.8, 4) is 0 Å². The predicted molar refractivity (Wildman–Crippen MR) is 83.5 cm³/mol. The van der Waals surface area contributed by atoms with Crippen molar-refractivity contribution in [2.75, 3.05) is 26.2 Å². The first-order valence-corrected chi connectivity index (χ1v) is 8.79. The Hall–Kier alpha value is -0.0800. The molecule has 1 aliphatic carbocycles. The minimum Gasteiger partial charge on any atom is -0.312 e. The van der Waals surface area contributed by atoms with E-state index in [1.54, 1.807) is 0 Å². The zero-order valence-corrected chi connectivity index (χ0v) is 13.2. The fraction of sp³-hybridized carbons (Fsp3) is 1.00. The van der Waals surface area contributed by atoms with Crippen LogP contribution in [-0.4, -0.2) is 37.1 Å². The van der Waals surface area contributed by atoms with Gasteiger partial charge in [0.2, 0.25) is 0 Å². The number of likely N-dealkylation sites (tertiary alicyclic amines) is 1. The van der Waals surface area contributed by atoms with E-state index in [4.69, 9.17) is 0 Å². The van der Waals surface area contributed by atoms with Crippen LogP contribution < -0.4 is 5.32 Å². The Labute approximate surface area is 120 Å². The molecule has 0 spiro atoms. The molecule has 112 valence electrons. The van der Waals surface area contributed by atoms with Crippen molar-refractivity contribution in [2.45, 2.75) is 71.3 Å². The molecule has 2 nitrogen and oxygen atoms in total. The van der Waals surface area contributed by atoms with Gasteiger partial charge in [0.1, 0.15) is 0 Å². The van der Waals surface area contributed by atoms with Crippen molar-refractivity contribution >= 4 is 0 Å². The molecule has 1 aliphatic heterocycles. The summed E-state index contributed by atoms with van der Waals surface area (Å²) >= 11 is 0. The number of hydrogen-bond donors (Lipinski definition) is 1. The van der Waals surface area contributed by atoms with Crippen molar-refractivity contribution < 1.29 is 0 Å². The van der Waals surface area contributed by atoms with Gasteiger partial charge >= 0.3 is 0 Å². The molecule has 0 amide bonds. The lowest BCUT2D eigenvalue weighted by Crippen LogP contribution is -2.47. The number of rotatable bonds is 7. The normalized spacial score (nSPS) is 24.9. The molecule has 2 fully saturated rings. The summed E-state index contributed by atoms with van der Waals surface area (Å²) in [7, 11) is 0. The fourth-order valence-electron chi connectivity index (χ4n) is 3.93. The molecule has 1 atom stereocenters. The lowest BCUT2D eigenvalue weighted by Gasteiger charge is -2.36. The first-order chi connectivity index (χ1) is 9.33. The zero-order chi connectivity index (χ0) is 13.5. The summed E-state index contributed by atoms with van der Waals surface area (Å²) in [6, 6.07) is 0.764. The van der Waals surface area contributed by atoms with Gasteiger partial charge < -0.3 is 10.2 Å². The average molecular weight is 266 g/mol. The Morgan fingerprint density at radius 1 is 1.05 bits per heavy atom. The van der Waals surface area contributed by atoms with E-state index in [1.165, 1.54) is 77.5 Å². The second-order valence-corrected chi connectivity index (χ2v) is 6.76. The van der Waals surface area contributed by atoms with Crippen molar-refractivity contribution in [1.29, 1.82) is 0 Å². The van der Waals surface area contributed by atoms with Gasteiger partial charge in [-0.2, -0.15) is 0 Å². The average Bonchev–Trinajstić information content (AvgIpc) is 2.98. The van der Waals surface area contributed by atoms with E-state index < -0.39 is 0 Å². The van der Waals surface area contributed by atoms with Gasteiger partial charge in [-0.05, 0) is 63.6 Å². The maximum Gasteiger partial charge on any atom is 0.0223 e. The molecule has 1 N–H and O–H groups in total. The molecule has 1 unspecified atom stereocenters. The van der Waals surface area contributed by atoms with Gasteiger partial charge in [-0.1, -0.05) is 33.1 Å². The molecule has 2 heteroatoms. The van der Waals surface area contributed by atoms with Crippen LogP contribution in [0.4, 0.5) is 0 Å². The third kappa shape index (κ3) is 4.75. The van der Waals surface area contributed by atoms with E-state index >= 15 is 0 Å². The summed E-state index contributed by atoms with van der Waals surface area (Å²) in [5.41, 5.74) is 0. The first kappa shape index (κ1) is 15.3. The molecule has 1 saturated carbocycles. The molecule has 0 radical (unpaired) electrons. The Morgan fingerprint density at radius 2 is 1.74 bits per heavy atom. The maximum absolute atomic E-state index is 3.84. The highest BCUT2D eigenvalue weighted by molar-refractivity contribution is 4.84. The van der Waals surface area contributed by atoms with E-state index in [-0.39, 0.29) is 0 Å². The minimum atomic E-state index is 0.764. The minimum absolute atomic E-state index is 0.764. The molecular formula is C17H34N2. The Morgan fingerprint density at radius 3 is 2.32 bits per heavy atom. The van der Waals surface area contributed by atoms with E-state index in [0.29, 0.717) is 0 Å². The third-order valence-electron chi connectivity index (χ3n) is 5.36. The van der Waals surface area contributed by atoms with Crippen LogP contribution in [0.3, 0.4) is 0 Å². The molecule has 1 saturated heterocycles. The van der Waals surface area contributed by atoms with Crippen LogP contribution in [0, 0.1) is 11.8 Å². The van der Waals surface area contributed by atoms with E-state index in [9.17, 15) is 0 Å². The van der Waals surface area contributed by atoms with Gasteiger partial charge in [-0.3, -0.25) is 0 Å². The van der Waals surface area contributed by atoms with Gasteiger partial charge in [-0.25, -0.2) is 0 Å². The molecule has 0 bridgehead atoms. The van der Waals surface area contributed by atoms with E-state index in [2.05, 4.69) is 24.1 Å². The second kappa shape index (κ2) is 8.26. The van der Waals surface area contributed by atoms with Gasteiger partial charge in [0, 0.05) is 12.6 Å². The quantitative estimate of drug-likeness (QED) is 0.756. The highest BCUT2D eigenvalue weighted by Crippen LogP contribution is 2.29. The molecule has 0 aromatic rings. The Bertz CT molecular complexity index is 227. The standard InChI is InChI=1S/C17H34N2/c1-3-11-18-17(16-7-5-6-8-16)14-19-12-9-15(4-2)10-13-19/h15-18H,3-14H2,1-2H3. The van der Waals surface area contributed by atoms with Crippen LogP contribution in [0.2, 0.25) is 0 Å². The van der Waals surface area contributed by atoms with Gasteiger partial charge in [0.05, 0.1) is 0 Å². The van der Waals surface area contributed by atoms with Gasteiger partial charge in [0.25, 0.3) is 0 Å². The van der Waals surface area contributed by atoms with Gasteiger partial charge in [-0.15, -0.1) is 0 Å². The highest BCUT2D eigenvalue weighted by atomic mass is 15.2.